The molecule has 86 valence electrons. The van der Waals surface area contributed by atoms with E-state index in [4.69, 9.17) is 21.3 Å². The molecule has 0 saturated heterocycles. The minimum Gasteiger partial charge on any atom is -0.468 e. The Balaban J connectivity index is 1.93. The van der Waals surface area contributed by atoms with E-state index in [9.17, 15) is 0 Å². The average molecular weight is 247 g/mol. The number of nitrogens with one attached hydrogen (secondary N) is 1. The van der Waals surface area contributed by atoms with Gasteiger partial charge >= 0.3 is 0 Å². The second-order valence-electron chi connectivity index (χ2n) is 3.60. The molecule has 0 amide bonds. The molecule has 1 aromatic heterocycles. The molecule has 2 aromatic rings. The van der Waals surface area contributed by atoms with Gasteiger partial charge < -0.3 is 9.73 Å². The van der Waals surface area contributed by atoms with Gasteiger partial charge in [-0.05, 0) is 29.8 Å². The van der Waals surface area contributed by atoms with Crippen LogP contribution in [-0.2, 0) is 13.1 Å². The van der Waals surface area contributed by atoms with Crippen molar-refractivity contribution in [1.82, 2.24) is 5.32 Å². The van der Waals surface area contributed by atoms with Crippen molar-refractivity contribution in [1.29, 1.82) is 5.26 Å². The second-order valence-corrected chi connectivity index (χ2v) is 4.01. The Kier molecular flexibility index (Phi) is 3.81. The summed E-state index contributed by atoms with van der Waals surface area (Å²) in [5.74, 6) is 0.884. The van der Waals surface area contributed by atoms with Crippen molar-refractivity contribution in [2.24, 2.45) is 0 Å². The van der Waals surface area contributed by atoms with Crippen LogP contribution in [0.4, 0.5) is 0 Å². The van der Waals surface area contributed by atoms with Crippen molar-refractivity contribution >= 4 is 11.6 Å². The highest BCUT2D eigenvalue weighted by Crippen LogP contribution is 2.17. The van der Waals surface area contributed by atoms with Gasteiger partial charge in [0.25, 0.3) is 0 Å². The Morgan fingerprint density at radius 1 is 1.29 bits per heavy atom. The van der Waals surface area contributed by atoms with Gasteiger partial charge in [0.15, 0.2) is 0 Å². The summed E-state index contributed by atoms with van der Waals surface area (Å²) in [4.78, 5) is 0. The molecule has 3 nitrogen and oxygen atoms in total. The van der Waals surface area contributed by atoms with Crippen molar-refractivity contribution in [2.45, 2.75) is 13.1 Å². The minimum atomic E-state index is 0.574. The van der Waals surface area contributed by atoms with E-state index in [1.54, 1.807) is 18.4 Å². The SMILES string of the molecule is N#Cc1ccc(CNCc2ccco2)c(Cl)c1. The summed E-state index contributed by atoms with van der Waals surface area (Å²) in [5, 5.41) is 12.5. The van der Waals surface area contributed by atoms with Crippen LogP contribution >= 0.6 is 11.6 Å². The standard InChI is InChI=1S/C13H11ClN2O/c14-13-6-10(7-15)3-4-11(13)8-16-9-12-2-1-5-17-12/h1-6,16H,8-9H2. The Labute approximate surface area is 105 Å². The molecule has 2 rings (SSSR count). The first-order valence-electron chi connectivity index (χ1n) is 5.21. The van der Waals surface area contributed by atoms with Gasteiger partial charge in [-0.3, -0.25) is 0 Å². The summed E-state index contributed by atoms with van der Waals surface area (Å²) < 4.78 is 5.20. The molecular formula is C13H11ClN2O. The molecule has 0 bridgehead atoms. The average Bonchev–Trinajstić information content (AvgIpc) is 2.84. The molecule has 0 saturated carbocycles. The molecule has 0 aliphatic heterocycles. The third-order valence-electron chi connectivity index (χ3n) is 2.38. The summed E-state index contributed by atoms with van der Waals surface area (Å²) >= 11 is 6.05. The van der Waals surface area contributed by atoms with Gasteiger partial charge in [0, 0.05) is 11.6 Å². The summed E-state index contributed by atoms with van der Waals surface area (Å²) in [5.41, 5.74) is 1.54. The number of nitriles is 1. The van der Waals surface area contributed by atoms with Gasteiger partial charge in [-0.25, -0.2) is 0 Å². The molecule has 1 N–H and O–H groups in total. The zero-order valence-corrected chi connectivity index (χ0v) is 9.87. The van der Waals surface area contributed by atoms with Gasteiger partial charge in [-0.15, -0.1) is 0 Å². The molecule has 1 aromatic carbocycles. The predicted octanol–water partition coefficient (Wildman–Crippen LogP) is 3.09. The number of furan rings is 1. The molecule has 0 fully saturated rings. The summed E-state index contributed by atoms with van der Waals surface area (Å²) in [6.07, 6.45) is 1.64. The van der Waals surface area contributed by atoms with Crippen LogP contribution in [0.5, 0.6) is 0 Å². The number of hydrogen-bond acceptors (Lipinski definition) is 3. The fourth-order valence-electron chi connectivity index (χ4n) is 1.49. The maximum atomic E-state index is 8.72. The third-order valence-corrected chi connectivity index (χ3v) is 2.73. The van der Waals surface area contributed by atoms with Crippen LogP contribution in [0.1, 0.15) is 16.9 Å². The largest absolute Gasteiger partial charge is 0.468 e. The molecule has 0 radical (unpaired) electrons. The number of nitrogens with zero attached hydrogens (tertiary/aromatic N) is 1. The fraction of sp³-hybridized carbons (Fsp3) is 0.154. The van der Waals surface area contributed by atoms with E-state index < -0.39 is 0 Å². The van der Waals surface area contributed by atoms with Crippen molar-refractivity contribution < 1.29 is 4.42 Å². The Morgan fingerprint density at radius 3 is 2.82 bits per heavy atom. The van der Waals surface area contributed by atoms with Gasteiger partial charge in [0.1, 0.15) is 5.76 Å². The summed E-state index contributed by atoms with van der Waals surface area (Å²) in [6.45, 7) is 1.30. The number of hydrogen-bond donors (Lipinski definition) is 1. The maximum absolute atomic E-state index is 8.72. The van der Waals surface area contributed by atoms with E-state index in [-0.39, 0.29) is 0 Å². The van der Waals surface area contributed by atoms with Crippen LogP contribution in [0, 0.1) is 11.3 Å². The first-order valence-corrected chi connectivity index (χ1v) is 5.59. The molecule has 4 heteroatoms. The Bertz CT molecular complexity index is 529. The summed E-state index contributed by atoms with van der Waals surface area (Å²) in [7, 11) is 0. The Hall–Kier alpha value is -1.76. The smallest absolute Gasteiger partial charge is 0.117 e. The topological polar surface area (TPSA) is 49.0 Å². The highest BCUT2D eigenvalue weighted by atomic mass is 35.5. The lowest BCUT2D eigenvalue weighted by molar-refractivity contribution is 0.483. The third kappa shape index (κ3) is 3.10. The molecule has 1 heterocycles. The maximum Gasteiger partial charge on any atom is 0.117 e. The van der Waals surface area contributed by atoms with Crippen LogP contribution < -0.4 is 5.32 Å². The van der Waals surface area contributed by atoms with E-state index in [1.807, 2.05) is 18.2 Å². The van der Waals surface area contributed by atoms with E-state index in [0.717, 1.165) is 11.3 Å². The lowest BCUT2D eigenvalue weighted by atomic mass is 10.1. The molecule has 0 aliphatic carbocycles. The van der Waals surface area contributed by atoms with Crippen LogP contribution in [0.2, 0.25) is 5.02 Å². The van der Waals surface area contributed by atoms with Crippen molar-refractivity contribution in [2.75, 3.05) is 0 Å². The monoisotopic (exact) mass is 246 g/mol. The van der Waals surface area contributed by atoms with Gasteiger partial charge in [0.2, 0.25) is 0 Å². The lowest BCUT2D eigenvalue weighted by Gasteiger charge is -2.05. The molecule has 17 heavy (non-hydrogen) atoms. The van der Waals surface area contributed by atoms with Crippen molar-refractivity contribution in [3.8, 4) is 6.07 Å². The van der Waals surface area contributed by atoms with E-state index in [0.29, 0.717) is 23.7 Å². The summed E-state index contributed by atoms with van der Waals surface area (Å²) in [6, 6.07) is 11.1. The van der Waals surface area contributed by atoms with Gasteiger partial charge in [-0.2, -0.15) is 5.26 Å². The molecule has 0 spiro atoms. The minimum absolute atomic E-state index is 0.574. The molecule has 0 unspecified atom stereocenters. The first-order chi connectivity index (χ1) is 8.29. The van der Waals surface area contributed by atoms with E-state index in [2.05, 4.69) is 11.4 Å². The number of benzene rings is 1. The number of rotatable bonds is 4. The van der Waals surface area contributed by atoms with Gasteiger partial charge in [-0.1, -0.05) is 17.7 Å². The predicted molar refractivity (Wildman–Crippen MR) is 65.4 cm³/mol. The van der Waals surface area contributed by atoms with E-state index in [1.165, 1.54) is 0 Å². The highest BCUT2D eigenvalue weighted by molar-refractivity contribution is 6.31. The first kappa shape index (κ1) is 11.7. The highest BCUT2D eigenvalue weighted by Gasteiger charge is 2.02. The van der Waals surface area contributed by atoms with E-state index >= 15 is 0 Å². The number of halogens is 1. The zero-order chi connectivity index (χ0) is 12.1. The normalized spacial score (nSPS) is 10.1. The van der Waals surface area contributed by atoms with Crippen LogP contribution in [0.15, 0.2) is 41.0 Å². The van der Waals surface area contributed by atoms with Crippen LogP contribution in [0.25, 0.3) is 0 Å². The molecule has 0 atom stereocenters. The van der Waals surface area contributed by atoms with Crippen LogP contribution in [-0.4, -0.2) is 0 Å². The molecule has 0 aliphatic rings. The van der Waals surface area contributed by atoms with Gasteiger partial charge in [0.05, 0.1) is 24.4 Å². The van der Waals surface area contributed by atoms with Crippen molar-refractivity contribution in [3.63, 3.8) is 0 Å². The zero-order valence-electron chi connectivity index (χ0n) is 9.11. The lowest BCUT2D eigenvalue weighted by Crippen LogP contribution is -2.12. The quantitative estimate of drug-likeness (QED) is 0.902. The fourth-order valence-corrected chi connectivity index (χ4v) is 1.74. The second kappa shape index (κ2) is 5.53. The molecular weight excluding hydrogens is 236 g/mol. The van der Waals surface area contributed by atoms with Crippen LogP contribution in [0.3, 0.4) is 0 Å². The Morgan fingerprint density at radius 2 is 2.18 bits per heavy atom. The van der Waals surface area contributed by atoms with Crippen molar-refractivity contribution in [3.05, 3.63) is 58.5 Å².